The molecule has 0 amide bonds. The summed E-state index contributed by atoms with van der Waals surface area (Å²) in [6, 6.07) is 9.85. The highest BCUT2D eigenvalue weighted by Gasteiger charge is 2.08. The van der Waals surface area contributed by atoms with E-state index in [2.05, 4.69) is 16.0 Å². The van der Waals surface area contributed by atoms with E-state index in [0.29, 0.717) is 12.3 Å². The van der Waals surface area contributed by atoms with Gasteiger partial charge in [0.1, 0.15) is 14.8 Å². The average Bonchev–Trinajstić information content (AvgIpc) is 2.97. The Morgan fingerprint density at radius 2 is 2.04 bits per heavy atom. The lowest BCUT2D eigenvalue weighted by Crippen LogP contribution is -2.03. The normalized spacial score (nSPS) is 11.8. The fourth-order valence-corrected chi connectivity index (χ4v) is 4.10. The van der Waals surface area contributed by atoms with Gasteiger partial charge in [-0.15, -0.1) is 11.3 Å². The number of hydrogen-bond acceptors (Lipinski definition) is 6. The van der Waals surface area contributed by atoms with Crippen molar-refractivity contribution < 1.29 is 13.2 Å². The molecule has 3 aromatic rings. The molecule has 2 heterocycles. The Balaban J connectivity index is 1.80. The Bertz CT molecular complexity index is 948. The summed E-state index contributed by atoms with van der Waals surface area (Å²) in [4.78, 5) is 8.85. The van der Waals surface area contributed by atoms with Crippen LogP contribution >= 0.6 is 11.3 Å². The number of ether oxygens (including phenoxy) is 1. The van der Waals surface area contributed by atoms with Gasteiger partial charge in [0.15, 0.2) is 0 Å². The highest BCUT2D eigenvalue weighted by atomic mass is 32.2. The molecule has 0 radical (unpaired) electrons. The monoisotopic (exact) mass is 362 g/mol. The highest BCUT2D eigenvalue weighted by molar-refractivity contribution is 7.90. The number of rotatable bonds is 6. The van der Waals surface area contributed by atoms with Gasteiger partial charge in [0.2, 0.25) is 5.88 Å². The number of nitrogens with zero attached hydrogens (tertiary/aromatic N) is 2. The Morgan fingerprint density at radius 1 is 1.21 bits per heavy atom. The van der Waals surface area contributed by atoms with E-state index >= 15 is 0 Å². The van der Waals surface area contributed by atoms with Gasteiger partial charge in [-0.05, 0) is 36.6 Å². The zero-order chi connectivity index (χ0) is 17.2. The number of pyridine rings is 1. The van der Waals surface area contributed by atoms with Crippen LogP contribution in [0, 0.1) is 0 Å². The van der Waals surface area contributed by atoms with Gasteiger partial charge in [-0.2, -0.15) is 0 Å². The first kappa shape index (κ1) is 16.9. The van der Waals surface area contributed by atoms with Gasteiger partial charge in [-0.25, -0.2) is 18.4 Å². The maximum Gasteiger partial charge on any atom is 0.212 e. The molecule has 0 aliphatic carbocycles. The third-order valence-corrected chi connectivity index (χ3v) is 5.72. The Morgan fingerprint density at radius 3 is 2.71 bits per heavy atom. The first-order chi connectivity index (χ1) is 11.4. The van der Waals surface area contributed by atoms with Crippen LogP contribution in [-0.4, -0.2) is 37.5 Å². The SMILES string of the molecule is COc1ccc(-c2nc3ccc(CCCS(C)(=O)=O)cc3s2)cn1. The minimum atomic E-state index is -2.90. The standard InChI is InChI=1S/C17H18N2O3S2/c1-22-16-8-6-13(11-18-16)17-19-14-7-5-12(10-15(14)23-17)4-3-9-24(2,20)21/h5-8,10-11H,3-4,9H2,1-2H3. The molecule has 126 valence electrons. The van der Waals surface area contributed by atoms with Crippen molar-refractivity contribution >= 4 is 31.4 Å². The Hall–Kier alpha value is -1.99. The molecule has 1 aromatic carbocycles. The lowest BCUT2D eigenvalue weighted by molar-refractivity contribution is 0.398. The summed E-state index contributed by atoms with van der Waals surface area (Å²) in [6.07, 6.45) is 4.41. The molecule has 0 fully saturated rings. The van der Waals surface area contributed by atoms with Gasteiger partial charge in [-0.3, -0.25) is 0 Å². The molecule has 0 saturated carbocycles. The molecule has 0 unspecified atom stereocenters. The first-order valence-corrected chi connectivity index (χ1v) is 10.4. The van der Waals surface area contributed by atoms with Gasteiger partial charge in [0.05, 0.1) is 23.1 Å². The van der Waals surface area contributed by atoms with Crippen LogP contribution in [0.2, 0.25) is 0 Å². The highest BCUT2D eigenvalue weighted by Crippen LogP contribution is 2.31. The molecular weight excluding hydrogens is 344 g/mol. The van der Waals surface area contributed by atoms with Crippen molar-refractivity contribution in [3.05, 3.63) is 42.1 Å². The number of thiazole rings is 1. The lowest BCUT2D eigenvalue weighted by atomic mass is 10.1. The van der Waals surface area contributed by atoms with Crippen molar-refractivity contribution in [2.75, 3.05) is 19.1 Å². The summed E-state index contributed by atoms with van der Waals surface area (Å²) in [5, 5.41) is 0.911. The number of aryl methyl sites for hydroxylation is 1. The van der Waals surface area contributed by atoms with Crippen LogP contribution in [0.1, 0.15) is 12.0 Å². The van der Waals surface area contributed by atoms with Gasteiger partial charge < -0.3 is 4.74 Å². The van der Waals surface area contributed by atoms with Crippen LogP contribution in [-0.2, 0) is 16.3 Å². The zero-order valence-corrected chi connectivity index (χ0v) is 15.2. The van der Waals surface area contributed by atoms with Crippen LogP contribution in [0.5, 0.6) is 5.88 Å². The van der Waals surface area contributed by atoms with E-state index in [0.717, 1.165) is 32.8 Å². The van der Waals surface area contributed by atoms with Gasteiger partial charge >= 0.3 is 0 Å². The molecular formula is C17H18N2O3S2. The molecule has 7 heteroatoms. The number of benzene rings is 1. The van der Waals surface area contributed by atoms with Crippen molar-refractivity contribution in [3.8, 4) is 16.5 Å². The Kier molecular flexibility index (Phi) is 4.82. The van der Waals surface area contributed by atoms with E-state index in [4.69, 9.17) is 4.74 Å². The van der Waals surface area contributed by atoms with E-state index in [1.54, 1.807) is 24.6 Å². The second-order valence-corrected chi connectivity index (χ2v) is 8.93. The molecule has 0 N–H and O–H groups in total. The molecule has 24 heavy (non-hydrogen) atoms. The van der Waals surface area contributed by atoms with Crippen molar-refractivity contribution in [2.24, 2.45) is 0 Å². The molecule has 3 rings (SSSR count). The number of aromatic nitrogens is 2. The van der Waals surface area contributed by atoms with Gasteiger partial charge in [-0.1, -0.05) is 6.07 Å². The smallest absolute Gasteiger partial charge is 0.212 e. The minimum Gasteiger partial charge on any atom is -0.481 e. The van der Waals surface area contributed by atoms with Crippen LogP contribution < -0.4 is 4.74 Å². The van der Waals surface area contributed by atoms with Gasteiger partial charge in [0, 0.05) is 24.1 Å². The second-order valence-electron chi connectivity index (χ2n) is 5.64. The summed E-state index contributed by atoms with van der Waals surface area (Å²) in [7, 11) is -1.31. The van der Waals surface area contributed by atoms with E-state index in [1.165, 1.54) is 6.26 Å². The number of fused-ring (bicyclic) bond motifs is 1. The third kappa shape index (κ3) is 4.10. The topological polar surface area (TPSA) is 69.2 Å². The van der Waals surface area contributed by atoms with Gasteiger partial charge in [0.25, 0.3) is 0 Å². The third-order valence-electron chi connectivity index (χ3n) is 3.63. The van der Waals surface area contributed by atoms with Crippen LogP contribution in [0.15, 0.2) is 36.5 Å². The largest absolute Gasteiger partial charge is 0.481 e. The van der Waals surface area contributed by atoms with E-state index in [1.807, 2.05) is 24.3 Å². The van der Waals surface area contributed by atoms with E-state index in [9.17, 15) is 8.42 Å². The molecule has 0 aliphatic rings. The molecule has 0 saturated heterocycles. The molecule has 2 aromatic heterocycles. The number of methoxy groups -OCH3 is 1. The van der Waals surface area contributed by atoms with Crippen molar-refractivity contribution in [1.82, 2.24) is 9.97 Å². The predicted molar refractivity (Wildman–Crippen MR) is 97.4 cm³/mol. The summed E-state index contributed by atoms with van der Waals surface area (Å²) in [6.45, 7) is 0. The maximum atomic E-state index is 11.2. The summed E-state index contributed by atoms with van der Waals surface area (Å²) < 4.78 is 28.6. The maximum absolute atomic E-state index is 11.2. The van der Waals surface area contributed by atoms with E-state index < -0.39 is 9.84 Å². The summed E-state index contributed by atoms with van der Waals surface area (Å²) in [5.74, 6) is 0.796. The fourth-order valence-electron chi connectivity index (χ4n) is 2.41. The van der Waals surface area contributed by atoms with E-state index in [-0.39, 0.29) is 5.75 Å². The van der Waals surface area contributed by atoms with Crippen LogP contribution in [0.25, 0.3) is 20.8 Å². The zero-order valence-electron chi connectivity index (χ0n) is 13.5. The second kappa shape index (κ2) is 6.86. The van der Waals surface area contributed by atoms with Crippen molar-refractivity contribution in [3.63, 3.8) is 0 Å². The molecule has 5 nitrogen and oxygen atoms in total. The quantitative estimate of drug-likeness (QED) is 0.673. The molecule has 0 aliphatic heterocycles. The number of hydrogen-bond donors (Lipinski definition) is 0. The average molecular weight is 362 g/mol. The molecule has 0 bridgehead atoms. The number of sulfone groups is 1. The summed E-state index contributed by atoms with van der Waals surface area (Å²) >= 11 is 1.61. The van der Waals surface area contributed by atoms with Crippen LogP contribution in [0.3, 0.4) is 0 Å². The molecule has 0 spiro atoms. The van der Waals surface area contributed by atoms with Crippen LogP contribution in [0.4, 0.5) is 0 Å². The minimum absolute atomic E-state index is 0.219. The predicted octanol–water partition coefficient (Wildman–Crippen LogP) is 3.34. The lowest BCUT2D eigenvalue weighted by Gasteiger charge is -2.00. The first-order valence-electron chi connectivity index (χ1n) is 7.52. The van der Waals surface area contributed by atoms with Crippen molar-refractivity contribution in [1.29, 1.82) is 0 Å². The van der Waals surface area contributed by atoms with Crippen molar-refractivity contribution in [2.45, 2.75) is 12.8 Å². The summed E-state index contributed by atoms with van der Waals surface area (Å²) in [5.41, 5.74) is 3.03. The Labute approximate surface area is 145 Å². The fraction of sp³-hybridized carbons (Fsp3) is 0.294. The molecule has 0 atom stereocenters.